The monoisotopic (exact) mass is 461 g/mol. The summed E-state index contributed by atoms with van der Waals surface area (Å²) in [5.41, 5.74) is 1.65. The minimum Gasteiger partial charge on any atom is -0.467 e. The number of thioether (sulfide) groups is 1. The van der Waals surface area contributed by atoms with E-state index >= 15 is 0 Å². The molecule has 0 N–H and O–H groups in total. The molecule has 10 heteroatoms. The van der Waals surface area contributed by atoms with Crippen LogP contribution in [0.5, 0.6) is 5.75 Å². The molecular formula is C21H20ClN3O5S. The van der Waals surface area contributed by atoms with Crippen LogP contribution < -0.4 is 10.3 Å². The summed E-state index contributed by atoms with van der Waals surface area (Å²) in [5.74, 6) is 1.17. The molecule has 0 unspecified atom stereocenters. The number of ether oxygens (including phenoxy) is 2. The Morgan fingerprint density at radius 1 is 1.32 bits per heavy atom. The second-order valence-electron chi connectivity index (χ2n) is 7.62. The van der Waals surface area contributed by atoms with E-state index in [1.54, 1.807) is 22.8 Å². The van der Waals surface area contributed by atoms with Crippen molar-refractivity contribution in [1.82, 2.24) is 9.55 Å². The van der Waals surface area contributed by atoms with Crippen LogP contribution in [-0.2, 0) is 23.6 Å². The lowest BCUT2D eigenvalue weighted by Gasteiger charge is -2.21. The lowest BCUT2D eigenvalue weighted by molar-refractivity contribution is -0.385. The van der Waals surface area contributed by atoms with Crippen molar-refractivity contribution in [3.05, 3.63) is 66.9 Å². The Balaban J connectivity index is 1.76. The zero-order valence-corrected chi connectivity index (χ0v) is 18.5. The lowest BCUT2D eigenvalue weighted by atomic mass is 10.1. The van der Waals surface area contributed by atoms with Crippen molar-refractivity contribution >= 4 is 40.0 Å². The van der Waals surface area contributed by atoms with Crippen LogP contribution in [0.15, 0.2) is 40.3 Å². The van der Waals surface area contributed by atoms with E-state index in [1.165, 1.54) is 23.9 Å². The van der Waals surface area contributed by atoms with E-state index in [1.807, 2.05) is 13.8 Å². The molecule has 3 aromatic rings. The molecule has 1 aliphatic heterocycles. The van der Waals surface area contributed by atoms with E-state index in [0.717, 1.165) is 0 Å². The third-order valence-electron chi connectivity index (χ3n) is 4.77. The number of nitrogens with zero attached hydrogens (tertiary/aromatic N) is 3. The summed E-state index contributed by atoms with van der Waals surface area (Å²) in [6.07, 6.45) is 0. The normalized spacial score (nSPS) is 13.3. The second-order valence-corrected chi connectivity index (χ2v) is 8.99. The maximum absolute atomic E-state index is 13.1. The highest BCUT2D eigenvalue weighted by Gasteiger charge is 2.22. The quantitative estimate of drug-likeness (QED) is 0.225. The fourth-order valence-electron chi connectivity index (χ4n) is 3.45. The SMILES string of the molecule is CC(C)Cn1c(SCc2cc([N+](=O)[O-])cc3c2OCOC3)nc2cc(Cl)ccc2c1=O. The van der Waals surface area contributed by atoms with Crippen LogP contribution in [0.4, 0.5) is 5.69 Å². The molecule has 0 spiro atoms. The van der Waals surface area contributed by atoms with Gasteiger partial charge < -0.3 is 9.47 Å². The van der Waals surface area contributed by atoms with Gasteiger partial charge >= 0.3 is 0 Å². The molecule has 8 nitrogen and oxygen atoms in total. The van der Waals surface area contributed by atoms with Crippen molar-refractivity contribution in [2.45, 2.75) is 37.9 Å². The molecule has 0 saturated heterocycles. The van der Waals surface area contributed by atoms with E-state index in [9.17, 15) is 14.9 Å². The van der Waals surface area contributed by atoms with Gasteiger partial charge in [-0.15, -0.1) is 0 Å². The summed E-state index contributed by atoms with van der Waals surface area (Å²) in [4.78, 5) is 28.7. The minimum atomic E-state index is -0.436. The fourth-order valence-corrected chi connectivity index (χ4v) is 4.59. The third kappa shape index (κ3) is 4.53. The number of nitro benzene ring substituents is 1. The Bertz CT molecular complexity index is 1230. The van der Waals surface area contributed by atoms with Gasteiger partial charge in [0.1, 0.15) is 5.75 Å². The average molecular weight is 462 g/mol. The van der Waals surface area contributed by atoms with Gasteiger partial charge in [-0.2, -0.15) is 0 Å². The van der Waals surface area contributed by atoms with Gasteiger partial charge in [-0.1, -0.05) is 37.2 Å². The van der Waals surface area contributed by atoms with Crippen LogP contribution in [0.25, 0.3) is 10.9 Å². The maximum Gasteiger partial charge on any atom is 0.270 e. The summed E-state index contributed by atoms with van der Waals surface area (Å²) in [6.45, 7) is 4.90. The minimum absolute atomic E-state index is 0.0266. The maximum atomic E-state index is 13.1. The number of non-ortho nitro benzene ring substituents is 1. The molecular weight excluding hydrogens is 442 g/mol. The van der Waals surface area contributed by atoms with E-state index < -0.39 is 4.92 Å². The number of aromatic nitrogens is 2. The highest BCUT2D eigenvalue weighted by Crippen LogP contribution is 2.36. The smallest absolute Gasteiger partial charge is 0.270 e. The molecule has 162 valence electrons. The molecule has 0 fully saturated rings. The molecule has 0 saturated carbocycles. The van der Waals surface area contributed by atoms with Crippen LogP contribution in [0.2, 0.25) is 5.02 Å². The molecule has 1 aromatic heterocycles. The van der Waals surface area contributed by atoms with Crippen LogP contribution in [0, 0.1) is 16.0 Å². The molecule has 0 bridgehead atoms. The van der Waals surface area contributed by atoms with Gasteiger partial charge in [-0.25, -0.2) is 4.98 Å². The summed E-state index contributed by atoms with van der Waals surface area (Å²) < 4.78 is 12.5. The van der Waals surface area contributed by atoms with Gasteiger partial charge in [0.05, 0.1) is 22.4 Å². The van der Waals surface area contributed by atoms with Gasteiger partial charge in [-0.3, -0.25) is 19.5 Å². The Morgan fingerprint density at radius 2 is 2.13 bits per heavy atom. The van der Waals surface area contributed by atoms with Crippen molar-refractivity contribution in [2.75, 3.05) is 6.79 Å². The van der Waals surface area contributed by atoms with E-state index in [4.69, 9.17) is 21.1 Å². The predicted molar refractivity (Wildman–Crippen MR) is 119 cm³/mol. The standard InChI is InChI=1S/C21H20ClN3O5S/c1-12(2)8-24-20(26)17-4-3-15(22)7-18(17)23-21(24)31-10-14-6-16(25(27)28)5-13-9-29-11-30-19(13)14/h3-7,12H,8-11H2,1-2H3. The lowest BCUT2D eigenvalue weighted by Crippen LogP contribution is -2.25. The Hall–Kier alpha value is -2.62. The molecule has 0 amide bonds. The first-order valence-electron chi connectivity index (χ1n) is 9.67. The molecule has 0 atom stereocenters. The van der Waals surface area contributed by atoms with Gasteiger partial charge in [0.15, 0.2) is 11.9 Å². The first-order valence-corrected chi connectivity index (χ1v) is 11.0. The largest absolute Gasteiger partial charge is 0.467 e. The van der Waals surface area contributed by atoms with Gasteiger partial charge in [0, 0.05) is 40.6 Å². The van der Waals surface area contributed by atoms with E-state index in [0.29, 0.717) is 50.3 Å². The number of fused-ring (bicyclic) bond motifs is 2. The molecule has 2 heterocycles. The zero-order chi connectivity index (χ0) is 22.1. The first-order chi connectivity index (χ1) is 14.8. The average Bonchev–Trinajstić information content (AvgIpc) is 2.73. The predicted octanol–water partition coefficient (Wildman–Crippen LogP) is 4.77. The zero-order valence-electron chi connectivity index (χ0n) is 17.0. The van der Waals surface area contributed by atoms with Crippen LogP contribution >= 0.6 is 23.4 Å². The molecule has 4 rings (SSSR count). The highest BCUT2D eigenvalue weighted by molar-refractivity contribution is 7.98. The van der Waals surface area contributed by atoms with Crippen molar-refractivity contribution in [3.8, 4) is 5.75 Å². The summed E-state index contributed by atoms with van der Waals surface area (Å²) in [7, 11) is 0. The fraction of sp³-hybridized carbons (Fsp3) is 0.333. The van der Waals surface area contributed by atoms with Crippen molar-refractivity contribution < 1.29 is 14.4 Å². The first kappa shape index (κ1) is 21.6. The number of halogens is 1. The van der Waals surface area contributed by atoms with Crippen LogP contribution in [-0.4, -0.2) is 21.3 Å². The van der Waals surface area contributed by atoms with Crippen molar-refractivity contribution in [1.29, 1.82) is 0 Å². The van der Waals surface area contributed by atoms with Gasteiger partial charge in [0.2, 0.25) is 0 Å². The Kier molecular flexibility index (Phi) is 6.17. The number of nitro groups is 1. The summed E-state index contributed by atoms with van der Waals surface area (Å²) in [6, 6.07) is 7.99. The van der Waals surface area contributed by atoms with Gasteiger partial charge in [0.25, 0.3) is 11.2 Å². The topological polar surface area (TPSA) is 96.5 Å². The summed E-state index contributed by atoms with van der Waals surface area (Å²) in [5, 5.41) is 12.9. The van der Waals surface area contributed by atoms with Gasteiger partial charge in [-0.05, 0) is 24.1 Å². The summed E-state index contributed by atoms with van der Waals surface area (Å²) >= 11 is 7.43. The molecule has 1 aliphatic rings. The second kappa shape index (κ2) is 8.86. The van der Waals surface area contributed by atoms with Crippen LogP contribution in [0.1, 0.15) is 25.0 Å². The van der Waals surface area contributed by atoms with E-state index in [-0.39, 0.29) is 30.6 Å². The van der Waals surface area contributed by atoms with Crippen LogP contribution in [0.3, 0.4) is 0 Å². The third-order valence-corrected chi connectivity index (χ3v) is 6.03. The highest BCUT2D eigenvalue weighted by atomic mass is 35.5. The molecule has 31 heavy (non-hydrogen) atoms. The van der Waals surface area contributed by atoms with Crippen molar-refractivity contribution in [3.63, 3.8) is 0 Å². The number of hydrogen-bond acceptors (Lipinski definition) is 7. The molecule has 2 aromatic carbocycles. The number of hydrogen-bond donors (Lipinski definition) is 0. The van der Waals surface area contributed by atoms with E-state index in [2.05, 4.69) is 4.98 Å². The number of rotatable bonds is 6. The molecule has 0 radical (unpaired) electrons. The Labute approximate surface area is 187 Å². The molecule has 0 aliphatic carbocycles. The Morgan fingerprint density at radius 3 is 2.87 bits per heavy atom. The number of benzene rings is 2. The van der Waals surface area contributed by atoms with Crippen molar-refractivity contribution in [2.24, 2.45) is 5.92 Å².